The summed E-state index contributed by atoms with van der Waals surface area (Å²) in [4.78, 5) is 40.1. The Morgan fingerprint density at radius 3 is 2.44 bits per heavy atom. The first kappa shape index (κ1) is 16.0. The highest BCUT2D eigenvalue weighted by atomic mass is 16.6. The fourth-order valence-corrected chi connectivity index (χ4v) is 3.98. The van der Waals surface area contributed by atoms with Crippen molar-refractivity contribution in [3.8, 4) is 5.95 Å². The molecule has 2 aliphatic heterocycles. The number of furan rings is 1. The van der Waals surface area contributed by atoms with Gasteiger partial charge in [0.05, 0.1) is 7.11 Å². The molecular weight excluding hydrogens is 328 g/mol. The van der Waals surface area contributed by atoms with E-state index in [1.54, 1.807) is 11.0 Å². The number of hydrogen-bond donors (Lipinski definition) is 1. The summed E-state index contributed by atoms with van der Waals surface area (Å²) in [5.74, 6) is -1.07. The van der Waals surface area contributed by atoms with Crippen molar-refractivity contribution < 1.29 is 28.6 Å². The molecule has 3 aliphatic rings. The third-order valence-corrected chi connectivity index (χ3v) is 5.55. The molecule has 2 amide bonds. The van der Waals surface area contributed by atoms with Gasteiger partial charge in [-0.2, -0.15) is 0 Å². The fourth-order valence-electron chi connectivity index (χ4n) is 3.98. The van der Waals surface area contributed by atoms with Gasteiger partial charge in [0.2, 0.25) is 5.91 Å². The number of aliphatic carboxylic acids is 1. The van der Waals surface area contributed by atoms with Gasteiger partial charge in [-0.1, -0.05) is 0 Å². The number of ether oxygens (including phenoxy) is 1. The van der Waals surface area contributed by atoms with Gasteiger partial charge in [-0.15, -0.1) is 0 Å². The summed E-state index contributed by atoms with van der Waals surface area (Å²) in [5, 5.41) is 9.82. The second-order valence-electron chi connectivity index (χ2n) is 7.16. The second kappa shape index (κ2) is 5.50. The third kappa shape index (κ3) is 2.47. The first-order valence-electron chi connectivity index (χ1n) is 8.40. The second-order valence-corrected chi connectivity index (χ2v) is 7.16. The van der Waals surface area contributed by atoms with E-state index >= 15 is 0 Å². The van der Waals surface area contributed by atoms with E-state index in [1.807, 2.05) is 0 Å². The lowest BCUT2D eigenvalue weighted by atomic mass is 9.81. The molecule has 2 atom stereocenters. The highest BCUT2D eigenvalue weighted by molar-refractivity contribution is 5.93. The van der Waals surface area contributed by atoms with E-state index in [9.17, 15) is 19.5 Å². The summed E-state index contributed by atoms with van der Waals surface area (Å²) in [6.07, 6.45) is 1.79. The van der Waals surface area contributed by atoms with Gasteiger partial charge in [0.1, 0.15) is 5.41 Å². The number of carbonyl (C=O) groups is 3. The zero-order valence-electron chi connectivity index (χ0n) is 13.9. The SMILES string of the molecule is COc1ccc(C(=O)N2C[C@@H]3CN(C(=O)C4CC4)C[C@]3(C(=O)O)C2)o1. The van der Waals surface area contributed by atoms with Gasteiger partial charge >= 0.3 is 5.97 Å². The molecule has 1 saturated carbocycles. The van der Waals surface area contributed by atoms with Crippen molar-refractivity contribution in [2.24, 2.45) is 17.3 Å². The van der Waals surface area contributed by atoms with Crippen LogP contribution in [0.25, 0.3) is 0 Å². The Balaban J connectivity index is 1.52. The molecule has 8 heteroatoms. The van der Waals surface area contributed by atoms with Crippen molar-refractivity contribution >= 4 is 17.8 Å². The molecule has 8 nitrogen and oxygen atoms in total. The smallest absolute Gasteiger partial charge is 0.313 e. The molecule has 0 spiro atoms. The predicted molar refractivity (Wildman–Crippen MR) is 84.0 cm³/mol. The summed E-state index contributed by atoms with van der Waals surface area (Å²) in [7, 11) is 1.44. The van der Waals surface area contributed by atoms with Crippen LogP contribution in [0.5, 0.6) is 5.95 Å². The summed E-state index contributed by atoms with van der Waals surface area (Å²) in [6.45, 7) is 0.965. The number of methoxy groups -OCH3 is 1. The number of rotatable bonds is 4. The maximum absolute atomic E-state index is 12.6. The Morgan fingerprint density at radius 1 is 1.20 bits per heavy atom. The van der Waals surface area contributed by atoms with Crippen LogP contribution in [0.2, 0.25) is 0 Å². The molecule has 134 valence electrons. The Morgan fingerprint density at radius 2 is 1.88 bits per heavy atom. The molecule has 0 radical (unpaired) electrons. The van der Waals surface area contributed by atoms with E-state index in [-0.39, 0.29) is 48.4 Å². The lowest BCUT2D eigenvalue weighted by molar-refractivity contribution is -0.149. The standard InChI is InChI=1S/C17H20N2O6/c1-24-13-5-4-12(25-13)15(21)19-7-11-6-18(14(20)10-2-3-10)8-17(11,9-19)16(22)23/h4-5,10-11H,2-3,6-9H2,1H3,(H,22,23)/t11-,17-/m0/s1. The molecule has 4 rings (SSSR count). The van der Waals surface area contributed by atoms with E-state index in [0.29, 0.717) is 13.1 Å². The van der Waals surface area contributed by atoms with Gasteiger partial charge in [-0.25, -0.2) is 0 Å². The van der Waals surface area contributed by atoms with Crippen molar-refractivity contribution in [1.29, 1.82) is 0 Å². The zero-order chi connectivity index (χ0) is 17.8. The van der Waals surface area contributed by atoms with E-state index < -0.39 is 11.4 Å². The number of hydrogen-bond acceptors (Lipinski definition) is 5. The molecule has 0 aromatic carbocycles. The van der Waals surface area contributed by atoms with Crippen molar-refractivity contribution in [2.75, 3.05) is 33.3 Å². The highest BCUT2D eigenvalue weighted by Crippen LogP contribution is 2.45. The Hall–Kier alpha value is -2.51. The number of nitrogens with zero attached hydrogens (tertiary/aromatic N) is 2. The van der Waals surface area contributed by atoms with Crippen LogP contribution < -0.4 is 4.74 Å². The summed E-state index contributed by atoms with van der Waals surface area (Å²) in [6, 6.07) is 3.07. The van der Waals surface area contributed by atoms with Crippen LogP contribution in [-0.4, -0.2) is 66.0 Å². The number of amides is 2. The van der Waals surface area contributed by atoms with Gasteiger partial charge < -0.3 is 24.1 Å². The number of carbonyl (C=O) groups excluding carboxylic acids is 2. The normalized spacial score (nSPS) is 28.1. The summed E-state index contributed by atoms with van der Waals surface area (Å²) < 4.78 is 10.2. The van der Waals surface area contributed by atoms with Gasteiger partial charge in [-0.05, 0) is 18.9 Å². The molecule has 0 bridgehead atoms. The van der Waals surface area contributed by atoms with Crippen LogP contribution in [0.1, 0.15) is 23.4 Å². The van der Waals surface area contributed by atoms with Crippen molar-refractivity contribution in [1.82, 2.24) is 9.80 Å². The molecule has 25 heavy (non-hydrogen) atoms. The molecule has 1 aromatic rings. The molecule has 1 aromatic heterocycles. The minimum atomic E-state index is -1.09. The highest BCUT2D eigenvalue weighted by Gasteiger charge is 2.60. The van der Waals surface area contributed by atoms with Gasteiger partial charge in [0, 0.05) is 44.1 Å². The first-order valence-corrected chi connectivity index (χ1v) is 8.40. The predicted octanol–water partition coefficient (Wildman–Crippen LogP) is 0.683. The van der Waals surface area contributed by atoms with Crippen LogP contribution in [0, 0.1) is 17.3 Å². The van der Waals surface area contributed by atoms with E-state index in [1.165, 1.54) is 18.1 Å². The summed E-state index contributed by atoms with van der Waals surface area (Å²) >= 11 is 0. The molecule has 3 fully saturated rings. The zero-order valence-corrected chi connectivity index (χ0v) is 13.9. The van der Waals surface area contributed by atoms with Crippen molar-refractivity contribution in [3.05, 3.63) is 17.9 Å². The monoisotopic (exact) mass is 348 g/mol. The van der Waals surface area contributed by atoms with Crippen LogP contribution in [0.4, 0.5) is 0 Å². The average Bonchev–Trinajstić information content (AvgIpc) is 3.06. The maximum Gasteiger partial charge on any atom is 0.313 e. The molecule has 1 aliphatic carbocycles. The number of fused-ring (bicyclic) bond motifs is 1. The minimum Gasteiger partial charge on any atom is -0.481 e. The Kier molecular flexibility index (Phi) is 3.52. The first-order chi connectivity index (χ1) is 11.9. The fraction of sp³-hybridized carbons (Fsp3) is 0.588. The number of likely N-dealkylation sites (tertiary alicyclic amines) is 2. The van der Waals surface area contributed by atoms with Crippen LogP contribution >= 0.6 is 0 Å². The van der Waals surface area contributed by atoms with Crippen LogP contribution in [0.3, 0.4) is 0 Å². The van der Waals surface area contributed by atoms with E-state index in [0.717, 1.165) is 12.8 Å². The molecule has 1 N–H and O–H groups in total. The third-order valence-electron chi connectivity index (χ3n) is 5.55. The number of carboxylic acid groups (broad SMARTS) is 1. The van der Waals surface area contributed by atoms with E-state index in [4.69, 9.17) is 9.15 Å². The Labute approximate surface area is 144 Å². The van der Waals surface area contributed by atoms with Gasteiger partial charge in [0.25, 0.3) is 11.9 Å². The number of carboxylic acids is 1. The molecule has 2 saturated heterocycles. The molecule has 0 unspecified atom stereocenters. The maximum atomic E-state index is 12.6. The average molecular weight is 348 g/mol. The van der Waals surface area contributed by atoms with Crippen molar-refractivity contribution in [3.63, 3.8) is 0 Å². The molecule has 3 heterocycles. The quantitative estimate of drug-likeness (QED) is 0.859. The molecular formula is C17H20N2O6. The van der Waals surface area contributed by atoms with Crippen LogP contribution in [0.15, 0.2) is 16.5 Å². The van der Waals surface area contributed by atoms with Crippen molar-refractivity contribution in [2.45, 2.75) is 12.8 Å². The topological polar surface area (TPSA) is 100 Å². The minimum absolute atomic E-state index is 0.0590. The Bertz CT molecular complexity index is 739. The summed E-state index contributed by atoms with van der Waals surface area (Å²) in [5.41, 5.74) is -1.09. The van der Waals surface area contributed by atoms with Crippen LogP contribution in [-0.2, 0) is 9.59 Å². The van der Waals surface area contributed by atoms with E-state index in [2.05, 4.69) is 0 Å². The largest absolute Gasteiger partial charge is 0.481 e. The lowest BCUT2D eigenvalue weighted by Gasteiger charge is -2.25. The van der Waals surface area contributed by atoms with Gasteiger partial charge in [0.15, 0.2) is 5.76 Å². The lowest BCUT2D eigenvalue weighted by Crippen LogP contribution is -2.43. The van der Waals surface area contributed by atoms with Gasteiger partial charge in [-0.3, -0.25) is 14.4 Å².